The van der Waals surface area contributed by atoms with Gasteiger partial charge in [-0.1, -0.05) is 37.1 Å². The quantitative estimate of drug-likeness (QED) is 0.298. The summed E-state index contributed by atoms with van der Waals surface area (Å²) in [6.45, 7) is 2.83. The molecule has 0 atom stereocenters. The Hall–Kier alpha value is -3.60. The third kappa shape index (κ3) is 4.95. The van der Waals surface area contributed by atoms with E-state index in [-0.39, 0.29) is 23.1 Å². The van der Waals surface area contributed by atoms with E-state index in [4.69, 9.17) is 15.1 Å². The standard InChI is InChI=1S/C28H24N4O2.Mg/c1-3-6-26-29-23-15-14-21(28-30-22-7-4-5-8-24(22)31(28)2)17-25(23)32(26)18-20-11-9-19(10-12-20)13-16-27(33)34;/h4-5,7-12,14-15,17H,3,6,18H2,1-2H3,(H,33,34);/q;+2. The smallest absolute Gasteiger partial charge is 0.472 e. The summed E-state index contributed by atoms with van der Waals surface area (Å²) >= 11 is 0. The van der Waals surface area contributed by atoms with Crippen LogP contribution < -0.4 is 0 Å². The second-order valence-electron chi connectivity index (χ2n) is 8.30. The summed E-state index contributed by atoms with van der Waals surface area (Å²) < 4.78 is 4.39. The van der Waals surface area contributed by atoms with Crippen molar-refractivity contribution in [1.82, 2.24) is 19.1 Å². The van der Waals surface area contributed by atoms with Gasteiger partial charge in [-0.05, 0) is 54.4 Å². The molecular formula is C28H24MgN4O2+2. The summed E-state index contributed by atoms with van der Waals surface area (Å²) in [4.78, 5) is 20.5. The average molecular weight is 473 g/mol. The van der Waals surface area contributed by atoms with Crippen molar-refractivity contribution in [3.63, 3.8) is 0 Å². The van der Waals surface area contributed by atoms with Gasteiger partial charge in [0.1, 0.15) is 11.6 Å². The van der Waals surface area contributed by atoms with Crippen molar-refractivity contribution in [3.05, 3.63) is 83.7 Å². The fourth-order valence-electron chi connectivity index (χ4n) is 4.31. The predicted molar refractivity (Wildman–Crippen MR) is 139 cm³/mol. The Balaban J connectivity index is 0.00000289. The van der Waals surface area contributed by atoms with E-state index in [9.17, 15) is 4.79 Å². The van der Waals surface area contributed by atoms with E-state index >= 15 is 0 Å². The van der Waals surface area contributed by atoms with Crippen LogP contribution in [0.5, 0.6) is 0 Å². The number of hydrogen-bond acceptors (Lipinski definition) is 3. The van der Waals surface area contributed by atoms with E-state index in [0.717, 1.165) is 57.7 Å². The molecule has 5 rings (SSSR count). The molecule has 6 nitrogen and oxygen atoms in total. The van der Waals surface area contributed by atoms with Crippen molar-refractivity contribution in [3.8, 4) is 23.2 Å². The largest absolute Gasteiger partial charge is 2.00 e. The Kier molecular flexibility index (Phi) is 7.24. The minimum Gasteiger partial charge on any atom is -0.472 e. The molecule has 0 aliphatic carbocycles. The number of imidazole rings is 2. The number of aryl methyl sites for hydroxylation is 2. The third-order valence-electron chi connectivity index (χ3n) is 5.95. The molecule has 2 heterocycles. The number of fused-ring (bicyclic) bond motifs is 2. The van der Waals surface area contributed by atoms with Crippen LogP contribution in [-0.2, 0) is 24.8 Å². The zero-order valence-electron chi connectivity index (χ0n) is 19.8. The first kappa shape index (κ1) is 24.5. The number of nitrogens with zero attached hydrogens (tertiary/aromatic N) is 4. The number of benzene rings is 3. The van der Waals surface area contributed by atoms with Gasteiger partial charge in [-0.15, -0.1) is 0 Å². The van der Waals surface area contributed by atoms with E-state index in [1.54, 1.807) is 0 Å². The van der Waals surface area contributed by atoms with Crippen molar-refractivity contribution in [2.24, 2.45) is 7.05 Å². The normalized spacial score (nSPS) is 10.7. The van der Waals surface area contributed by atoms with Crippen LogP contribution in [0.3, 0.4) is 0 Å². The van der Waals surface area contributed by atoms with Gasteiger partial charge in [0, 0.05) is 37.1 Å². The first-order valence-electron chi connectivity index (χ1n) is 11.3. The van der Waals surface area contributed by atoms with Crippen molar-refractivity contribution in [1.29, 1.82) is 0 Å². The first-order valence-corrected chi connectivity index (χ1v) is 11.3. The minimum atomic E-state index is -1.13. The number of aliphatic carboxylic acids is 1. The van der Waals surface area contributed by atoms with Crippen LogP contribution >= 0.6 is 0 Å². The molecule has 0 saturated carbocycles. The third-order valence-corrected chi connectivity index (χ3v) is 5.95. The van der Waals surface area contributed by atoms with Crippen molar-refractivity contribution in [2.45, 2.75) is 26.3 Å². The molecule has 2 aromatic heterocycles. The molecular weight excluding hydrogens is 449 g/mol. The Labute approximate surface area is 219 Å². The maximum Gasteiger partial charge on any atom is 2.00 e. The van der Waals surface area contributed by atoms with E-state index in [0.29, 0.717) is 12.1 Å². The Morgan fingerprint density at radius 3 is 2.43 bits per heavy atom. The van der Waals surface area contributed by atoms with E-state index in [1.165, 1.54) is 0 Å². The maximum absolute atomic E-state index is 10.7. The number of rotatable bonds is 5. The molecule has 5 aromatic rings. The van der Waals surface area contributed by atoms with Gasteiger partial charge in [-0.3, -0.25) is 0 Å². The summed E-state index contributed by atoms with van der Waals surface area (Å²) in [5.41, 5.74) is 6.95. The zero-order valence-corrected chi connectivity index (χ0v) is 21.2. The molecule has 3 aromatic carbocycles. The SMILES string of the molecule is CCCc1nc2ccc(-c3nc4ccccc4n3C)cc2n1Cc1ccc(C#CC(=O)O)cc1.[Mg+2]. The Bertz CT molecular complexity index is 1590. The summed E-state index contributed by atoms with van der Waals surface area (Å²) in [6, 6.07) is 22.2. The maximum atomic E-state index is 10.7. The predicted octanol–water partition coefficient (Wildman–Crippen LogP) is 4.65. The topological polar surface area (TPSA) is 72.9 Å². The van der Waals surface area contributed by atoms with E-state index < -0.39 is 5.97 Å². The number of carbonyl (C=O) groups is 1. The van der Waals surface area contributed by atoms with Gasteiger partial charge in [0.05, 0.1) is 22.1 Å². The van der Waals surface area contributed by atoms with E-state index in [1.807, 2.05) is 49.5 Å². The summed E-state index contributed by atoms with van der Waals surface area (Å²) in [7, 11) is 2.05. The fourth-order valence-corrected chi connectivity index (χ4v) is 4.31. The number of hydrogen-bond donors (Lipinski definition) is 1. The molecule has 0 aliphatic heterocycles. The molecule has 0 saturated heterocycles. The van der Waals surface area contributed by atoms with Gasteiger partial charge in [-0.25, -0.2) is 14.8 Å². The zero-order chi connectivity index (χ0) is 23.7. The molecule has 0 unspecified atom stereocenters. The second-order valence-corrected chi connectivity index (χ2v) is 8.30. The Morgan fingerprint density at radius 1 is 0.971 bits per heavy atom. The molecule has 168 valence electrons. The van der Waals surface area contributed by atoms with Crippen LogP contribution in [0.15, 0.2) is 66.7 Å². The van der Waals surface area contributed by atoms with E-state index in [2.05, 4.69) is 52.2 Å². The van der Waals surface area contributed by atoms with Gasteiger partial charge in [-0.2, -0.15) is 0 Å². The fraction of sp³-hybridized carbons (Fsp3) is 0.179. The van der Waals surface area contributed by atoms with Crippen LogP contribution in [0.2, 0.25) is 0 Å². The van der Waals surface area contributed by atoms with Crippen molar-refractivity contribution < 1.29 is 9.90 Å². The van der Waals surface area contributed by atoms with Gasteiger partial charge < -0.3 is 14.2 Å². The van der Waals surface area contributed by atoms with Crippen molar-refractivity contribution >= 4 is 51.1 Å². The number of para-hydroxylation sites is 2. The van der Waals surface area contributed by atoms with Crippen LogP contribution in [-0.4, -0.2) is 53.2 Å². The van der Waals surface area contributed by atoms with Crippen LogP contribution in [0.25, 0.3) is 33.5 Å². The monoisotopic (exact) mass is 472 g/mol. The minimum absolute atomic E-state index is 0. The van der Waals surface area contributed by atoms with Gasteiger partial charge in [0.15, 0.2) is 0 Å². The number of carboxylic acids is 1. The van der Waals surface area contributed by atoms with Crippen LogP contribution in [0, 0.1) is 11.8 Å². The van der Waals surface area contributed by atoms with Crippen LogP contribution in [0.4, 0.5) is 0 Å². The average Bonchev–Trinajstić information content (AvgIpc) is 3.36. The number of aromatic nitrogens is 4. The first-order chi connectivity index (χ1) is 16.5. The molecule has 0 spiro atoms. The molecule has 0 amide bonds. The molecule has 1 N–H and O–H groups in total. The second kappa shape index (κ2) is 10.3. The van der Waals surface area contributed by atoms with Gasteiger partial charge >= 0.3 is 29.0 Å². The summed E-state index contributed by atoms with van der Waals surface area (Å²) in [5, 5.41) is 8.76. The van der Waals surface area contributed by atoms with Crippen molar-refractivity contribution in [2.75, 3.05) is 0 Å². The molecule has 7 heteroatoms. The molecule has 0 bridgehead atoms. The Morgan fingerprint density at radius 2 is 1.71 bits per heavy atom. The van der Waals surface area contributed by atoms with Gasteiger partial charge in [0.2, 0.25) is 0 Å². The summed E-state index contributed by atoms with van der Waals surface area (Å²) in [6.07, 6.45) is 1.89. The molecule has 35 heavy (non-hydrogen) atoms. The van der Waals surface area contributed by atoms with Gasteiger partial charge in [0.25, 0.3) is 0 Å². The number of carboxylic acid groups (broad SMARTS) is 1. The molecule has 0 fully saturated rings. The molecule has 0 aliphatic rings. The van der Waals surface area contributed by atoms with Crippen LogP contribution in [0.1, 0.15) is 30.3 Å². The summed E-state index contributed by atoms with van der Waals surface area (Å²) in [5.74, 6) is 5.66. The molecule has 0 radical (unpaired) electrons.